The summed E-state index contributed by atoms with van der Waals surface area (Å²) in [6.45, 7) is 7.24. The van der Waals surface area contributed by atoms with Gasteiger partial charge in [0.1, 0.15) is 6.04 Å². The third-order valence-electron chi connectivity index (χ3n) is 7.55. The highest BCUT2D eigenvalue weighted by Crippen LogP contribution is 2.29. The van der Waals surface area contributed by atoms with Crippen molar-refractivity contribution in [2.75, 3.05) is 42.3 Å². The van der Waals surface area contributed by atoms with E-state index in [2.05, 4.69) is 37.3 Å². The Morgan fingerprint density at radius 2 is 1.86 bits per heavy atom. The van der Waals surface area contributed by atoms with Crippen molar-refractivity contribution in [2.45, 2.75) is 50.9 Å². The van der Waals surface area contributed by atoms with Gasteiger partial charge in [-0.2, -0.15) is 0 Å². The number of anilines is 2. The minimum atomic E-state index is -0.651. The summed E-state index contributed by atoms with van der Waals surface area (Å²) in [6, 6.07) is 13.0. The van der Waals surface area contributed by atoms with Gasteiger partial charge in [-0.05, 0) is 81.0 Å². The van der Waals surface area contributed by atoms with Crippen LogP contribution >= 0.6 is 11.8 Å². The maximum atomic E-state index is 14.1. The lowest BCUT2D eigenvalue weighted by Gasteiger charge is -2.37. The number of carbonyl (C=O) groups is 2. The highest BCUT2D eigenvalue weighted by Gasteiger charge is 2.36. The topological polar surface area (TPSA) is 101 Å². The van der Waals surface area contributed by atoms with Crippen LogP contribution in [0.4, 0.5) is 11.4 Å². The number of hydrogen-bond donors (Lipinski definition) is 1. The molecular formula is C32H38N6O3S. The van der Waals surface area contributed by atoms with E-state index in [4.69, 9.17) is 4.74 Å². The van der Waals surface area contributed by atoms with E-state index < -0.39 is 6.04 Å². The molecule has 42 heavy (non-hydrogen) atoms. The van der Waals surface area contributed by atoms with Crippen LogP contribution < -0.4 is 10.2 Å². The minimum absolute atomic E-state index is 0.00860. The zero-order chi connectivity index (χ0) is 29.3. The zero-order valence-electron chi connectivity index (χ0n) is 24.2. The van der Waals surface area contributed by atoms with E-state index in [1.54, 1.807) is 17.3 Å². The average molecular weight is 587 g/mol. The number of thioether (sulfide) groups is 1. The summed E-state index contributed by atoms with van der Waals surface area (Å²) >= 11 is 1.30. The van der Waals surface area contributed by atoms with Crippen molar-refractivity contribution in [1.29, 1.82) is 0 Å². The molecule has 1 fully saturated rings. The molecule has 0 bridgehead atoms. The molecule has 1 saturated heterocycles. The van der Waals surface area contributed by atoms with Crippen molar-refractivity contribution >= 4 is 35.0 Å². The fourth-order valence-electron chi connectivity index (χ4n) is 5.50. The van der Waals surface area contributed by atoms with Crippen LogP contribution in [-0.2, 0) is 20.9 Å². The Morgan fingerprint density at radius 3 is 2.52 bits per heavy atom. The van der Waals surface area contributed by atoms with E-state index in [1.807, 2.05) is 56.3 Å². The van der Waals surface area contributed by atoms with Crippen LogP contribution in [0.1, 0.15) is 36.2 Å². The molecule has 2 amide bonds. The first-order chi connectivity index (χ1) is 20.5. The predicted octanol–water partition coefficient (Wildman–Crippen LogP) is 4.81. The number of aromatic nitrogens is 3. The predicted molar refractivity (Wildman–Crippen MR) is 165 cm³/mol. The first kappa shape index (κ1) is 29.7. The fraction of sp³-hybridized carbons (Fsp3) is 0.406. The van der Waals surface area contributed by atoms with Gasteiger partial charge in [0.25, 0.3) is 0 Å². The van der Waals surface area contributed by atoms with Crippen LogP contribution in [0.15, 0.2) is 72.2 Å². The summed E-state index contributed by atoms with van der Waals surface area (Å²) in [5, 5.41) is 3.69. The summed E-state index contributed by atoms with van der Waals surface area (Å²) in [5.41, 5.74) is 4.40. The van der Waals surface area contributed by atoms with E-state index in [-0.39, 0.29) is 30.0 Å². The highest BCUT2D eigenvalue weighted by molar-refractivity contribution is 7.99. The molecule has 0 spiro atoms. The van der Waals surface area contributed by atoms with Gasteiger partial charge in [0, 0.05) is 54.8 Å². The van der Waals surface area contributed by atoms with E-state index in [1.165, 1.54) is 11.8 Å². The number of pyridine rings is 1. The number of hydrogen-bond acceptors (Lipinski definition) is 8. The van der Waals surface area contributed by atoms with Crippen LogP contribution in [0.3, 0.4) is 0 Å². The van der Waals surface area contributed by atoms with Crippen LogP contribution in [0, 0.1) is 19.8 Å². The highest BCUT2D eigenvalue weighted by atomic mass is 32.2. The van der Waals surface area contributed by atoms with Gasteiger partial charge in [-0.3, -0.25) is 14.6 Å². The molecule has 9 nitrogen and oxygen atoms in total. The lowest BCUT2D eigenvalue weighted by atomic mass is 9.86. The summed E-state index contributed by atoms with van der Waals surface area (Å²) < 4.78 is 5.47. The molecule has 5 rings (SSSR count). The van der Waals surface area contributed by atoms with E-state index in [9.17, 15) is 9.59 Å². The molecule has 0 saturated carbocycles. The maximum Gasteiger partial charge on any atom is 0.247 e. The molecule has 10 heteroatoms. The Labute approximate surface area is 251 Å². The van der Waals surface area contributed by atoms with Crippen LogP contribution in [-0.4, -0.2) is 69.8 Å². The molecule has 2 aromatic heterocycles. The van der Waals surface area contributed by atoms with Gasteiger partial charge in [-0.1, -0.05) is 30.0 Å². The van der Waals surface area contributed by atoms with Gasteiger partial charge in [-0.15, -0.1) is 0 Å². The number of ether oxygens (including phenoxy) is 1. The summed E-state index contributed by atoms with van der Waals surface area (Å²) in [4.78, 5) is 45.3. The van der Waals surface area contributed by atoms with Gasteiger partial charge in [0.15, 0.2) is 5.16 Å². The number of nitrogens with one attached hydrogen (secondary N) is 1. The van der Waals surface area contributed by atoms with Crippen molar-refractivity contribution in [3.05, 3.63) is 84.0 Å². The largest absolute Gasteiger partial charge is 0.378 e. The number of amides is 2. The van der Waals surface area contributed by atoms with Gasteiger partial charge >= 0.3 is 0 Å². The molecule has 1 aliphatic heterocycles. The van der Waals surface area contributed by atoms with Crippen molar-refractivity contribution in [1.82, 2.24) is 19.9 Å². The van der Waals surface area contributed by atoms with Crippen molar-refractivity contribution in [3.63, 3.8) is 0 Å². The first-order valence-electron chi connectivity index (χ1n) is 14.5. The Hall–Kier alpha value is -3.76. The van der Waals surface area contributed by atoms with Crippen molar-refractivity contribution in [3.8, 4) is 0 Å². The minimum Gasteiger partial charge on any atom is -0.378 e. The van der Waals surface area contributed by atoms with Gasteiger partial charge in [0.05, 0.1) is 19.0 Å². The Balaban J connectivity index is 1.38. The number of aryl methyl sites for hydroxylation is 2. The Kier molecular flexibility index (Phi) is 10.2. The Bertz CT molecular complexity index is 1360. The fourth-order valence-corrected chi connectivity index (χ4v) is 6.34. The van der Waals surface area contributed by atoms with E-state index in [0.717, 1.165) is 55.0 Å². The third kappa shape index (κ3) is 7.95. The normalized spacial score (nSPS) is 17.5. The first-order valence-corrected chi connectivity index (χ1v) is 15.5. The number of nitrogens with zero attached hydrogens (tertiary/aromatic N) is 5. The van der Waals surface area contributed by atoms with Gasteiger partial charge < -0.3 is 19.9 Å². The number of rotatable bonds is 10. The molecule has 0 radical (unpaired) electrons. The van der Waals surface area contributed by atoms with Crippen LogP contribution in [0.2, 0.25) is 0 Å². The molecule has 3 aromatic rings. The molecule has 2 aliphatic rings. The van der Waals surface area contributed by atoms with E-state index >= 15 is 0 Å². The van der Waals surface area contributed by atoms with Gasteiger partial charge in [-0.25, -0.2) is 9.97 Å². The smallest absolute Gasteiger partial charge is 0.247 e. The maximum absolute atomic E-state index is 14.1. The number of carbonyl (C=O) groups excluding carboxylic acids is 2. The standard InChI is InChI=1S/C32H38N6O3S/c1-23-19-24(2)35-32(34-23)42-22-29(39)38(21-25-7-6-14-33-20-25)30(26-8-4-3-5-9-26)31(40)36-27-10-12-28(13-11-27)37-15-17-41-18-16-37/h3-4,6-7,10-14,19-20,26,30H,5,8-9,15-18,21-22H2,1-2H3,(H,36,40)/t26-,30-/m0/s1. The number of benzene rings is 1. The van der Waals surface area contributed by atoms with Crippen molar-refractivity contribution in [2.24, 2.45) is 5.92 Å². The van der Waals surface area contributed by atoms with E-state index in [0.29, 0.717) is 24.1 Å². The van der Waals surface area contributed by atoms with Crippen LogP contribution in [0.5, 0.6) is 0 Å². The monoisotopic (exact) mass is 586 g/mol. The molecule has 3 heterocycles. The SMILES string of the molecule is Cc1cc(C)nc(SCC(=O)N(Cc2cccnc2)[C@H](C(=O)Nc2ccc(N3CCOCC3)cc2)[C@H]2CC=CCC2)n1. The summed E-state index contributed by atoms with van der Waals surface area (Å²) in [5.74, 6) is -0.196. The summed E-state index contributed by atoms with van der Waals surface area (Å²) in [6.07, 6.45) is 10.2. The lowest BCUT2D eigenvalue weighted by Crippen LogP contribution is -2.51. The molecular weight excluding hydrogens is 548 g/mol. The Morgan fingerprint density at radius 1 is 1.10 bits per heavy atom. The number of morpholine rings is 1. The second-order valence-corrected chi connectivity index (χ2v) is 11.7. The molecule has 2 atom stereocenters. The molecule has 1 aliphatic carbocycles. The van der Waals surface area contributed by atoms with Crippen molar-refractivity contribution < 1.29 is 14.3 Å². The second-order valence-electron chi connectivity index (χ2n) is 10.7. The summed E-state index contributed by atoms with van der Waals surface area (Å²) in [7, 11) is 0. The zero-order valence-corrected chi connectivity index (χ0v) is 25.1. The molecule has 1 N–H and O–H groups in total. The second kappa shape index (κ2) is 14.4. The third-order valence-corrected chi connectivity index (χ3v) is 8.39. The van der Waals surface area contributed by atoms with Crippen LogP contribution in [0.25, 0.3) is 0 Å². The number of allylic oxidation sites excluding steroid dienone is 2. The van der Waals surface area contributed by atoms with Gasteiger partial charge in [0.2, 0.25) is 11.8 Å². The quantitative estimate of drug-likeness (QED) is 0.205. The molecule has 1 aromatic carbocycles. The lowest BCUT2D eigenvalue weighted by molar-refractivity contribution is -0.139. The molecule has 0 unspecified atom stereocenters. The molecule has 220 valence electrons. The average Bonchev–Trinajstić information content (AvgIpc) is 3.01.